The molecular formula is C24H25NOS. The van der Waals surface area contributed by atoms with Gasteiger partial charge in [0.15, 0.2) is 0 Å². The summed E-state index contributed by atoms with van der Waals surface area (Å²) in [6.45, 7) is 4.16. The lowest BCUT2D eigenvalue weighted by Crippen LogP contribution is -2.26. The van der Waals surface area contributed by atoms with Crippen LogP contribution in [-0.2, 0) is 12.2 Å². The van der Waals surface area contributed by atoms with Crippen molar-refractivity contribution >= 4 is 17.7 Å². The van der Waals surface area contributed by atoms with Gasteiger partial charge in [0.2, 0.25) is 0 Å². The summed E-state index contributed by atoms with van der Waals surface area (Å²) in [6.07, 6.45) is 1.02. The molecule has 0 radical (unpaired) electrons. The predicted octanol–water partition coefficient (Wildman–Crippen LogP) is 6.03. The van der Waals surface area contributed by atoms with Crippen molar-refractivity contribution in [2.24, 2.45) is 0 Å². The van der Waals surface area contributed by atoms with Crippen LogP contribution in [0.3, 0.4) is 0 Å². The van der Waals surface area contributed by atoms with Gasteiger partial charge < -0.3 is 5.32 Å². The van der Waals surface area contributed by atoms with Crippen molar-refractivity contribution in [1.29, 1.82) is 0 Å². The number of aryl methyl sites for hydroxylation is 1. The van der Waals surface area contributed by atoms with Crippen molar-refractivity contribution in [3.63, 3.8) is 0 Å². The number of benzene rings is 3. The average Bonchev–Trinajstić information content (AvgIpc) is 2.73. The first-order valence-electron chi connectivity index (χ1n) is 9.32. The standard InChI is InChI=1S/C24H25NOS/c1-3-19-9-13-21(14-10-19)18(2)25-24(26)22-15-11-20(12-16-22)17-27-23-7-5-4-6-8-23/h4-16,18H,3,17H2,1-2H3,(H,25,26)/t18-/m0/s1. The van der Waals surface area contributed by atoms with Crippen LogP contribution < -0.4 is 5.32 Å². The SMILES string of the molecule is CCc1ccc([C@H](C)NC(=O)c2ccc(CSc3ccccc3)cc2)cc1. The Morgan fingerprint density at radius 1 is 0.889 bits per heavy atom. The highest BCUT2D eigenvalue weighted by atomic mass is 32.2. The molecule has 138 valence electrons. The van der Waals surface area contributed by atoms with Crippen LogP contribution in [0, 0.1) is 0 Å². The fourth-order valence-corrected chi connectivity index (χ4v) is 3.72. The van der Waals surface area contributed by atoms with E-state index in [0.29, 0.717) is 5.56 Å². The second kappa shape index (κ2) is 9.43. The highest BCUT2D eigenvalue weighted by Gasteiger charge is 2.11. The lowest BCUT2D eigenvalue weighted by molar-refractivity contribution is 0.0940. The minimum Gasteiger partial charge on any atom is -0.346 e. The molecule has 0 unspecified atom stereocenters. The maximum absolute atomic E-state index is 12.5. The third-order valence-electron chi connectivity index (χ3n) is 4.60. The van der Waals surface area contributed by atoms with Crippen LogP contribution in [0.2, 0.25) is 0 Å². The zero-order valence-electron chi connectivity index (χ0n) is 15.8. The van der Waals surface area contributed by atoms with Crippen LogP contribution in [0.25, 0.3) is 0 Å². The van der Waals surface area contributed by atoms with Gasteiger partial charge in [0, 0.05) is 16.2 Å². The molecule has 1 amide bonds. The summed E-state index contributed by atoms with van der Waals surface area (Å²) in [5, 5.41) is 3.08. The number of thioether (sulfide) groups is 1. The number of rotatable bonds is 7. The number of hydrogen-bond acceptors (Lipinski definition) is 2. The molecule has 3 aromatic rings. The van der Waals surface area contributed by atoms with Crippen LogP contribution in [0.15, 0.2) is 83.8 Å². The Morgan fingerprint density at radius 3 is 2.15 bits per heavy atom. The minimum atomic E-state index is -0.0377. The summed E-state index contributed by atoms with van der Waals surface area (Å²) in [5.41, 5.74) is 4.33. The Kier molecular flexibility index (Phi) is 6.72. The molecule has 3 aromatic carbocycles. The number of nitrogens with one attached hydrogen (secondary N) is 1. The lowest BCUT2D eigenvalue weighted by Gasteiger charge is -2.15. The molecule has 0 fully saturated rings. The van der Waals surface area contributed by atoms with E-state index in [1.54, 1.807) is 11.8 Å². The van der Waals surface area contributed by atoms with E-state index in [2.05, 4.69) is 48.6 Å². The van der Waals surface area contributed by atoms with Gasteiger partial charge in [0.25, 0.3) is 5.91 Å². The van der Waals surface area contributed by atoms with Gasteiger partial charge in [-0.05, 0) is 54.3 Å². The maximum atomic E-state index is 12.5. The van der Waals surface area contributed by atoms with Crippen molar-refractivity contribution in [1.82, 2.24) is 5.32 Å². The smallest absolute Gasteiger partial charge is 0.251 e. The third-order valence-corrected chi connectivity index (χ3v) is 5.68. The average molecular weight is 376 g/mol. The third kappa shape index (κ3) is 5.48. The molecule has 1 atom stereocenters. The van der Waals surface area contributed by atoms with E-state index in [1.807, 2.05) is 49.4 Å². The van der Waals surface area contributed by atoms with Gasteiger partial charge >= 0.3 is 0 Å². The molecule has 0 aliphatic rings. The molecule has 1 N–H and O–H groups in total. The summed E-state index contributed by atoms with van der Waals surface area (Å²) in [4.78, 5) is 13.8. The molecule has 3 heteroatoms. The molecule has 0 saturated carbocycles. The van der Waals surface area contributed by atoms with Crippen LogP contribution in [0.4, 0.5) is 0 Å². The lowest BCUT2D eigenvalue weighted by atomic mass is 10.0. The van der Waals surface area contributed by atoms with Crippen molar-refractivity contribution in [2.75, 3.05) is 0 Å². The Morgan fingerprint density at radius 2 is 1.52 bits per heavy atom. The first kappa shape index (κ1) is 19.2. The molecule has 0 bridgehead atoms. The van der Waals surface area contributed by atoms with Crippen LogP contribution in [0.1, 0.15) is 46.9 Å². The van der Waals surface area contributed by atoms with Crippen molar-refractivity contribution in [3.05, 3.63) is 101 Å². The molecule has 0 aliphatic heterocycles. The Bertz CT molecular complexity index is 857. The van der Waals surface area contributed by atoms with E-state index < -0.39 is 0 Å². The monoisotopic (exact) mass is 375 g/mol. The molecule has 0 spiro atoms. The quantitative estimate of drug-likeness (QED) is 0.511. The molecule has 0 aromatic heterocycles. The first-order valence-corrected chi connectivity index (χ1v) is 10.3. The second-order valence-corrected chi connectivity index (χ2v) is 7.64. The van der Waals surface area contributed by atoms with Crippen molar-refractivity contribution in [3.8, 4) is 0 Å². The van der Waals surface area contributed by atoms with Gasteiger partial charge in [0.1, 0.15) is 0 Å². The highest BCUT2D eigenvalue weighted by Crippen LogP contribution is 2.22. The second-order valence-electron chi connectivity index (χ2n) is 6.59. The largest absolute Gasteiger partial charge is 0.346 e. The fourth-order valence-electron chi connectivity index (χ4n) is 2.84. The molecule has 0 saturated heterocycles. The molecule has 27 heavy (non-hydrogen) atoms. The molecule has 3 rings (SSSR count). The topological polar surface area (TPSA) is 29.1 Å². The Hall–Kier alpha value is -2.52. The molecular weight excluding hydrogens is 350 g/mol. The summed E-state index contributed by atoms with van der Waals surface area (Å²) >= 11 is 1.80. The van der Waals surface area contributed by atoms with E-state index in [-0.39, 0.29) is 11.9 Å². The molecule has 2 nitrogen and oxygen atoms in total. The van der Waals surface area contributed by atoms with Gasteiger partial charge in [-0.15, -0.1) is 11.8 Å². The zero-order valence-corrected chi connectivity index (χ0v) is 16.6. The van der Waals surface area contributed by atoms with Gasteiger partial charge in [-0.2, -0.15) is 0 Å². The van der Waals surface area contributed by atoms with Gasteiger partial charge in [-0.25, -0.2) is 0 Å². The van der Waals surface area contributed by atoms with E-state index in [1.165, 1.54) is 16.0 Å². The molecule has 0 heterocycles. The van der Waals surface area contributed by atoms with E-state index in [9.17, 15) is 4.79 Å². The molecule has 0 aliphatic carbocycles. The number of carbonyl (C=O) groups is 1. The first-order chi connectivity index (χ1) is 13.2. The van der Waals surface area contributed by atoms with Crippen LogP contribution in [0.5, 0.6) is 0 Å². The van der Waals surface area contributed by atoms with Gasteiger partial charge in [-0.1, -0.05) is 61.5 Å². The predicted molar refractivity (Wildman–Crippen MR) is 114 cm³/mol. The highest BCUT2D eigenvalue weighted by molar-refractivity contribution is 7.98. The summed E-state index contributed by atoms with van der Waals surface area (Å²) in [6, 6.07) is 26.6. The summed E-state index contributed by atoms with van der Waals surface area (Å²) in [5.74, 6) is 0.857. The maximum Gasteiger partial charge on any atom is 0.251 e. The Balaban J connectivity index is 1.56. The van der Waals surface area contributed by atoms with E-state index in [0.717, 1.165) is 17.7 Å². The van der Waals surface area contributed by atoms with Gasteiger partial charge in [-0.3, -0.25) is 4.79 Å². The number of hydrogen-bond donors (Lipinski definition) is 1. The number of amides is 1. The summed E-state index contributed by atoms with van der Waals surface area (Å²) < 4.78 is 0. The van der Waals surface area contributed by atoms with Crippen LogP contribution in [-0.4, -0.2) is 5.91 Å². The van der Waals surface area contributed by atoms with Gasteiger partial charge in [0.05, 0.1) is 6.04 Å². The minimum absolute atomic E-state index is 0.0169. The van der Waals surface area contributed by atoms with Crippen molar-refractivity contribution < 1.29 is 4.79 Å². The Labute approximate surface area is 166 Å². The van der Waals surface area contributed by atoms with E-state index >= 15 is 0 Å². The fraction of sp³-hybridized carbons (Fsp3) is 0.208. The number of carbonyl (C=O) groups excluding carboxylic acids is 1. The zero-order chi connectivity index (χ0) is 19.1. The summed E-state index contributed by atoms with van der Waals surface area (Å²) in [7, 11) is 0. The normalized spacial score (nSPS) is 11.8. The van der Waals surface area contributed by atoms with Crippen LogP contribution >= 0.6 is 11.8 Å². The van der Waals surface area contributed by atoms with E-state index in [4.69, 9.17) is 0 Å². The van der Waals surface area contributed by atoms with Crippen molar-refractivity contribution in [2.45, 2.75) is 37.0 Å².